The molecule has 0 aromatic heterocycles. The molecule has 1 aliphatic heterocycles. The lowest BCUT2D eigenvalue weighted by Crippen LogP contribution is -2.55. The van der Waals surface area contributed by atoms with Gasteiger partial charge in [0.05, 0.1) is 0 Å². The molecule has 3 N–H and O–H groups in total. The summed E-state index contributed by atoms with van der Waals surface area (Å²) in [6.07, 6.45) is 1.41. The lowest BCUT2D eigenvalue weighted by molar-refractivity contribution is -0.133. The van der Waals surface area contributed by atoms with Gasteiger partial charge in [0.1, 0.15) is 11.9 Å². The summed E-state index contributed by atoms with van der Waals surface area (Å²) >= 11 is 0. The average molecular weight is 336 g/mol. The van der Waals surface area contributed by atoms with Crippen LogP contribution in [-0.2, 0) is 11.3 Å². The van der Waals surface area contributed by atoms with E-state index in [-0.39, 0.29) is 24.3 Å². The van der Waals surface area contributed by atoms with E-state index >= 15 is 0 Å². The van der Waals surface area contributed by atoms with E-state index in [1.807, 2.05) is 6.92 Å². The lowest BCUT2D eigenvalue weighted by Gasteiger charge is -2.31. The normalized spacial score (nSPS) is 15.7. The van der Waals surface area contributed by atoms with Crippen molar-refractivity contribution in [2.24, 2.45) is 0 Å². The smallest absolute Gasteiger partial charge is 0.315 e. The number of amides is 3. The van der Waals surface area contributed by atoms with Crippen LogP contribution in [0.2, 0.25) is 0 Å². The Balaban J connectivity index is 1.85. The summed E-state index contributed by atoms with van der Waals surface area (Å²) < 4.78 is 12.9. The Kier molecular flexibility index (Phi) is 6.99. The fourth-order valence-corrected chi connectivity index (χ4v) is 2.65. The standard InChI is InChI=1S/C17H25FN4O2/c1-2-3-15(16(23)22-10-8-19-9-11-22)21-17(24)20-12-13-4-6-14(18)7-5-13/h4-7,15,19H,2-3,8-12H2,1H3,(H2,20,21,24). The van der Waals surface area contributed by atoms with E-state index in [0.717, 1.165) is 25.1 Å². The first-order valence-electron chi connectivity index (χ1n) is 8.38. The second kappa shape index (κ2) is 9.22. The van der Waals surface area contributed by atoms with Crippen LogP contribution in [0.1, 0.15) is 25.3 Å². The molecular weight excluding hydrogens is 311 g/mol. The molecule has 132 valence electrons. The Bertz CT molecular complexity index is 544. The molecule has 7 heteroatoms. The van der Waals surface area contributed by atoms with Gasteiger partial charge in [0, 0.05) is 32.7 Å². The molecule has 0 radical (unpaired) electrons. The van der Waals surface area contributed by atoms with Crippen LogP contribution < -0.4 is 16.0 Å². The minimum absolute atomic E-state index is 0.0321. The third-order valence-corrected chi connectivity index (χ3v) is 3.98. The van der Waals surface area contributed by atoms with Gasteiger partial charge in [0.25, 0.3) is 0 Å². The second-order valence-corrected chi connectivity index (χ2v) is 5.87. The van der Waals surface area contributed by atoms with Gasteiger partial charge in [-0.2, -0.15) is 0 Å². The third kappa shape index (κ3) is 5.49. The molecule has 1 saturated heterocycles. The molecular formula is C17H25FN4O2. The van der Waals surface area contributed by atoms with Crippen LogP contribution >= 0.6 is 0 Å². The topological polar surface area (TPSA) is 73.5 Å². The van der Waals surface area contributed by atoms with Crippen molar-refractivity contribution in [3.63, 3.8) is 0 Å². The Morgan fingerprint density at radius 3 is 2.54 bits per heavy atom. The number of halogens is 1. The first-order chi connectivity index (χ1) is 11.6. The van der Waals surface area contributed by atoms with E-state index in [2.05, 4.69) is 16.0 Å². The van der Waals surface area contributed by atoms with E-state index < -0.39 is 6.04 Å². The molecule has 0 spiro atoms. The van der Waals surface area contributed by atoms with E-state index in [1.54, 1.807) is 17.0 Å². The Morgan fingerprint density at radius 2 is 1.92 bits per heavy atom. The van der Waals surface area contributed by atoms with Crippen molar-refractivity contribution in [3.05, 3.63) is 35.6 Å². The van der Waals surface area contributed by atoms with Crippen LogP contribution in [0.4, 0.5) is 9.18 Å². The molecule has 1 aromatic rings. The zero-order valence-corrected chi connectivity index (χ0v) is 14.0. The summed E-state index contributed by atoms with van der Waals surface area (Å²) in [5.74, 6) is -0.344. The molecule has 1 aromatic carbocycles. The zero-order chi connectivity index (χ0) is 17.4. The number of carbonyl (C=O) groups excluding carboxylic acids is 2. The molecule has 24 heavy (non-hydrogen) atoms. The van der Waals surface area contributed by atoms with E-state index in [0.29, 0.717) is 19.5 Å². The minimum atomic E-state index is -0.513. The van der Waals surface area contributed by atoms with Crippen LogP contribution in [-0.4, -0.2) is 49.1 Å². The summed E-state index contributed by atoms with van der Waals surface area (Å²) in [5, 5.41) is 8.67. The predicted octanol–water partition coefficient (Wildman–Crippen LogP) is 1.23. The van der Waals surface area contributed by atoms with Crippen molar-refractivity contribution in [2.75, 3.05) is 26.2 Å². The maximum absolute atomic E-state index is 12.9. The van der Waals surface area contributed by atoms with Crippen molar-refractivity contribution in [2.45, 2.75) is 32.4 Å². The Labute approximate surface area is 141 Å². The number of hydrogen-bond donors (Lipinski definition) is 3. The maximum atomic E-state index is 12.9. The molecule has 6 nitrogen and oxygen atoms in total. The van der Waals surface area contributed by atoms with Crippen molar-refractivity contribution in [1.82, 2.24) is 20.9 Å². The number of nitrogens with zero attached hydrogens (tertiary/aromatic N) is 1. The second-order valence-electron chi connectivity index (χ2n) is 5.87. The number of rotatable bonds is 6. The largest absolute Gasteiger partial charge is 0.338 e. The molecule has 1 atom stereocenters. The average Bonchev–Trinajstić information content (AvgIpc) is 2.61. The molecule has 2 rings (SSSR count). The highest BCUT2D eigenvalue weighted by molar-refractivity contribution is 5.87. The molecule has 1 aliphatic rings. The van der Waals surface area contributed by atoms with E-state index in [9.17, 15) is 14.0 Å². The SMILES string of the molecule is CCCC(NC(=O)NCc1ccc(F)cc1)C(=O)N1CCNCC1. The van der Waals surface area contributed by atoms with Gasteiger partial charge in [-0.3, -0.25) is 4.79 Å². The molecule has 3 amide bonds. The Morgan fingerprint density at radius 1 is 1.25 bits per heavy atom. The van der Waals surface area contributed by atoms with Crippen LogP contribution in [0.5, 0.6) is 0 Å². The number of piperazine rings is 1. The van der Waals surface area contributed by atoms with Crippen molar-refractivity contribution in [1.29, 1.82) is 0 Å². The highest BCUT2D eigenvalue weighted by Crippen LogP contribution is 2.05. The Hall–Kier alpha value is -2.15. The van der Waals surface area contributed by atoms with Crippen molar-refractivity contribution in [3.8, 4) is 0 Å². The summed E-state index contributed by atoms with van der Waals surface area (Å²) in [4.78, 5) is 26.4. The third-order valence-electron chi connectivity index (χ3n) is 3.98. The highest BCUT2D eigenvalue weighted by atomic mass is 19.1. The fraction of sp³-hybridized carbons (Fsp3) is 0.529. The van der Waals surface area contributed by atoms with Gasteiger partial charge in [-0.25, -0.2) is 9.18 Å². The number of nitrogens with one attached hydrogen (secondary N) is 3. The van der Waals surface area contributed by atoms with Crippen LogP contribution in [0, 0.1) is 5.82 Å². The van der Waals surface area contributed by atoms with Gasteiger partial charge in [-0.1, -0.05) is 25.5 Å². The predicted molar refractivity (Wildman–Crippen MR) is 89.9 cm³/mol. The zero-order valence-electron chi connectivity index (χ0n) is 14.0. The van der Waals surface area contributed by atoms with Gasteiger partial charge in [-0.05, 0) is 24.1 Å². The first kappa shape index (κ1) is 18.2. The summed E-state index contributed by atoms with van der Waals surface area (Å²) in [7, 11) is 0. The van der Waals surface area contributed by atoms with Gasteiger partial charge < -0.3 is 20.9 Å². The number of benzene rings is 1. The van der Waals surface area contributed by atoms with Crippen LogP contribution in [0.25, 0.3) is 0 Å². The van der Waals surface area contributed by atoms with Crippen molar-refractivity contribution >= 4 is 11.9 Å². The van der Waals surface area contributed by atoms with Gasteiger partial charge in [0.2, 0.25) is 5.91 Å². The minimum Gasteiger partial charge on any atom is -0.338 e. The fourth-order valence-electron chi connectivity index (χ4n) is 2.65. The monoisotopic (exact) mass is 336 g/mol. The molecule has 1 heterocycles. The summed E-state index contributed by atoms with van der Waals surface area (Å²) in [6, 6.07) is 5.03. The molecule has 1 unspecified atom stereocenters. The molecule has 0 aliphatic carbocycles. The van der Waals surface area contributed by atoms with Gasteiger partial charge in [-0.15, -0.1) is 0 Å². The molecule has 0 bridgehead atoms. The number of carbonyl (C=O) groups is 2. The lowest BCUT2D eigenvalue weighted by atomic mass is 10.1. The van der Waals surface area contributed by atoms with Gasteiger partial charge in [0.15, 0.2) is 0 Å². The first-order valence-corrected chi connectivity index (χ1v) is 8.38. The van der Waals surface area contributed by atoms with E-state index in [4.69, 9.17) is 0 Å². The van der Waals surface area contributed by atoms with Crippen LogP contribution in [0.15, 0.2) is 24.3 Å². The summed E-state index contributed by atoms with van der Waals surface area (Å²) in [6.45, 7) is 5.15. The van der Waals surface area contributed by atoms with E-state index in [1.165, 1.54) is 12.1 Å². The van der Waals surface area contributed by atoms with Crippen LogP contribution in [0.3, 0.4) is 0 Å². The van der Waals surface area contributed by atoms with Gasteiger partial charge >= 0.3 is 6.03 Å². The quantitative estimate of drug-likeness (QED) is 0.731. The molecule has 1 fully saturated rings. The number of urea groups is 1. The highest BCUT2D eigenvalue weighted by Gasteiger charge is 2.26. The van der Waals surface area contributed by atoms with Crippen molar-refractivity contribution < 1.29 is 14.0 Å². The maximum Gasteiger partial charge on any atom is 0.315 e. The number of hydrogen-bond acceptors (Lipinski definition) is 3. The summed E-state index contributed by atoms with van der Waals surface area (Å²) in [5.41, 5.74) is 0.798. The molecule has 0 saturated carbocycles.